The highest BCUT2D eigenvalue weighted by Gasteiger charge is 2.35. The molecule has 1 aliphatic heterocycles. The van der Waals surface area contributed by atoms with E-state index in [1.54, 1.807) is 24.3 Å². The first-order chi connectivity index (χ1) is 17.6. The molecule has 188 valence electrons. The van der Waals surface area contributed by atoms with Gasteiger partial charge in [0.1, 0.15) is 11.6 Å². The molecule has 3 aromatic carbocycles. The van der Waals surface area contributed by atoms with Gasteiger partial charge in [-0.3, -0.25) is 24.5 Å². The highest BCUT2D eigenvalue weighted by molar-refractivity contribution is 6.04. The van der Waals surface area contributed by atoms with Gasteiger partial charge in [-0.15, -0.1) is 5.10 Å². The number of hydrogen-bond donors (Lipinski definition) is 1. The average Bonchev–Trinajstić information content (AvgIpc) is 3.30. The number of anilines is 1. The van der Waals surface area contributed by atoms with Crippen molar-refractivity contribution >= 4 is 35.1 Å². The van der Waals surface area contributed by atoms with Crippen molar-refractivity contribution in [1.82, 2.24) is 5.01 Å². The van der Waals surface area contributed by atoms with Crippen molar-refractivity contribution < 1.29 is 33.2 Å². The summed E-state index contributed by atoms with van der Waals surface area (Å²) in [6.07, 6.45) is -1.03. The molecule has 0 fully saturated rings. The number of halogens is 1. The zero-order valence-corrected chi connectivity index (χ0v) is 19.5. The third-order valence-corrected chi connectivity index (χ3v) is 5.18. The summed E-state index contributed by atoms with van der Waals surface area (Å²) < 4.78 is 24.1. The monoisotopic (exact) mass is 506 g/mol. The van der Waals surface area contributed by atoms with E-state index in [4.69, 9.17) is 9.47 Å². The van der Waals surface area contributed by atoms with Crippen LogP contribution >= 0.6 is 0 Å². The molecular weight excluding hydrogens is 487 g/mol. The minimum Gasteiger partial charge on any atom is -0.446 e. The summed E-state index contributed by atoms with van der Waals surface area (Å²) in [5.74, 6) is -2.22. The lowest BCUT2D eigenvalue weighted by Crippen LogP contribution is -2.25. The van der Waals surface area contributed by atoms with Crippen molar-refractivity contribution in [2.24, 2.45) is 5.10 Å². The van der Waals surface area contributed by atoms with E-state index in [2.05, 4.69) is 10.4 Å². The molecule has 0 saturated heterocycles. The number of esters is 1. The maximum Gasteiger partial charge on any atom is 0.308 e. The standard InChI is InChI=1S/C25H19FN4O7/c1-14(31)29-25(17-5-9-19(10-6-17)27-23(33)16-3-7-18(26)8-4-16)37-24(28-29)21-13-20(30(34)35)11-12-22(21)36-15(2)32/h3-13,25H,1-2H3,(H,27,33)/t25-/m0/s1. The van der Waals surface area contributed by atoms with E-state index in [1.165, 1.54) is 44.2 Å². The number of nitrogens with one attached hydrogen (secondary N) is 1. The van der Waals surface area contributed by atoms with E-state index in [-0.39, 0.29) is 28.5 Å². The maximum atomic E-state index is 13.1. The molecule has 0 aromatic heterocycles. The molecule has 1 aliphatic rings. The number of rotatable bonds is 6. The largest absolute Gasteiger partial charge is 0.446 e. The molecule has 2 amide bonds. The summed E-state index contributed by atoms with van der Waals surface area (Å²) in [6, 6.07) is 14.9. The third-order valence-electron chi connectivity index (χ3n) is 5.18. The fraction of sp³-hybridized carbons (Fsp3) is 0.120. The summed E-state index contributed by atoms with van der Waals surface area (Å²) >= 11 is 0. The van der Waals surface area contributed by atoms with Gasteiger partial charge in [-0.25, -0.2) is 4.39 Å². The van der Waals surface area contributed by atoms with Gasteiger partial charge in [0.25, 0.3) is 11.6 Å². The zero-order valence-electron chi connectivity index (χ0n) is 19.5. The van der Waals surface area contributed by atoms with Crippen LogP contribution in [0.2, 0.25) is 0 Å². The fourth-order valence-electron chi connectivity index (χ4n) is 3.47. The van der Waals surface area contributed by atoms with Crippen LogP contribution in [0.5, 0.6) is 5.75 Å². The number of hydrazone groups is 1. The highest BCUT2D eigenvalue weighted by atomic mass is 19.1. The van der Waals surface area contributed by atoms with Gasteiger partial charge in [-0.1, -0.05) is 12.1 Å². The summed E-state index contributed by atoms with van der Waals surface area (Å²) in [5.41, 5.74) is 0.902. The molecular formula is C25H19FN4O7. The van der Waals surface area contributed by atoms with Crippen molar-refractivity contribution in [2.75, 3.05) is 5.32 Å². The number of non-ortho nitro benzene ring substituents is 1. The first-order valence-corrected chi connectivity index (χ1v) is 10.8. The van der Waals surface area contributed by atoms with E-state index in [1.807, 2.05) is 0 Å². The van der Waals surface area contributed by atoms with Gasteiger partial charge in [0.2, 0.25) is 18.0 Å². The van der Waals surface area contributed by atoms with Crippen LogP contribution in [0, 0.1) is 15.9 Å². The smallest absolute Gasteiger partial charge is 0.308 e. The molecule has 11 nitrogen and oxygen atoms in total. The molecule has 0 aliphatic carbocycles. The number of ether oxygens (including phenoxy) is 2. The first kappa shape index (κ1) is 25.0. The molecule has 12 heteroatoms. The van der Waals surface area contributed by atoms with Crippen LogP contribution in [0.3, 0.4) is 0 Å². The average molecular weight is 506 g/mol. The van der Waals surface area contributed by atoms with E-state index in [9.17, 15) is 28.9 Å². The number of nitro groups is 1. The van der Waals surface area contributed by atoms with Gasteiger partial charge in [0.05, 0.1) is 10.5 Å². The van der Waals surface area contributed by atoms with Crippen molar-refractivity contribution in [3.05, 3.63) is 99.4 Å². The second-order valence-corrected chi connectivity index (χ2v) is 7.85. The maximum absolute atomic E-state index is 13.1. The number of hydrogen-bond acceptors (Lipinski definition) is 8. The summed E-state index contributed by atoms with van der Waals surface area (Å²) in [7, 11) is 0. The summed E-state index contributed by atoms with van der Waals surface area (Å²) in [4.78, 5) is 46.9. The lowest BCUT2D eigenvalue weighted by atomic mass is 10.1. The van der Waals surface area contributed by atoms with Crippen LogP contribution in [0.25, 0.3) is 0 Å². The number of benzene rings is 3. The summed E-state index contributed by atoms with van der Waals surface area (Å²) in [5, 5.41) is 19.2. The van der Waals surface area contributed by atoms with Crippen molar-refractivity contribution in [3.8, 4) is 5.75 Å². The fourth-order valence-corrected chi connectivity index (χ4v) is 3.47. The number of nitrogens with zero attached hydrogens (tertiary/aromatic N) is 3. The zero-order chi connectivity index (χ0) is 26.7. The Bertz CT molecular complexity index is 1420. The molecule has 0 bridgehead atoms. The predicted molar refractivity (Wildman–Crippen MR) is 128 cm³/mol. The topological polar surface area (TPSA) is 140 Å². The Morgan fingerprint density at radius 2 is 1.73 bits per heavy atom. The molecule has 37 heavy (non-hydrogen) atoms. The second kappa shape index (κ2) is 10.2. The Labute approximate surface area is 209 Å². The van der Waals surface area contributed by atoms with E-state index < -0.39 is 34.8 Å². The Balaban J connectivity index is 1.58. The van der Waals surface area contributed by atoms with Crippen LogP contribution in [-0.4, -0.2) is 33.6 Å². The van der Waals surface area contributed by atoms with E-state index in [0.29, 0.717) is 11.3 Å². The van der Waals surface area contributed by atoms with E-state index >= 15 is 0 Å². The molecule has 1 heterocycles. The van der Waals surface area contributed by atoms with Gasteiger partial charge < -0.3 is 14.8 Å². The molecule has 0 spiro atoms. The number of amides is 2. The van der Waals surface area contributed by atoms with Crippen molar-refractivity contribution in [3.63, 3.8) is 0 Å². The van der Waals surface area contributed by atoms with Gasteiger partial charge >= 0.3 is 5.97 Å². The third kappa shape index (κ3) is 5.59. The molecule has 0 unspecified atom stereocenters. The molecule has 0 saturated carbocycles. The minimum atomic E-state index is -1.03. The summed E-state index contributed by atoms with van der Waals surface area (Å²) in [6.45, 7) is 2.43. The predicted octanol–water partition coefficient (Wildman–Crippen LogP) is 4.15. The molecule has 1 atom stereocenters. The molecule has 3 aromatic rings. The Kier molecular flexibility index (Phi) is 6.91. The first-order valence-electron chi connectivity index (χ1n) is 10.8. The van der Waals surface area contributed by atoms with Gasteiger partial charge in [-0.2, -0.15) is 5.01 Å². The number of carbonyl (C=O) groups excluding carboxylic acids is 3. The number of carbonyl (C=O) groups is 3. The highest BCUT2D eigenvalue weighted by Crippen LogP contribution is 2.34. The van der Waals surface area contributed by atoms with Crippen LogP contribution < -0.4 is 10.1 Å². The normalized spacial score (nSPS) is 14.4. The quantitative estimate of drug-likeness (QED) is 0.229. The Hall–Kier alpha value is -5.13. The minimum absolute atomic E-state index is 0.0151. The van der Waals surface area contributed by atoms with Crippen LogP contribution in [0.1, 0.15) is 41.6 Å². The Morgan fingerprint density at radius 3 is 2.32 bits per heavy atom. The molecule has 4 rings (SSSR count). The Morgan fingerprint density at radius 1 is 1.05 bits per heavy atom. The van der Waals surface area contributed by atoms with Crippen LogP contribution in [-0.2, 0) is 14.3 Å². The van der Waals surface area contributed by atoms with Crippen LogP contribution in [0.4, 0.5) is 15.8 Å². The van der Waals surface area contributed by atoms with E-state index in [0.717, 1.165) is 17.1 Å². The van der Waals surface area contributed by atoms with Crippen molar-refractivity contribution in [2.45, 2.75) is 20.1 Å². The lowest BCUT2D eigenvalue weighted by Gasteiger charge is -2.19. The molecule has 0 radical (unpaired) electrons. The van der Waals surface area contributed by atoms with Gasteiger partial charge in [-0.05, 0) is 42.5 Å². The SMILES string of the molecule is CC(=O)Oc1ccc([N+](=O)[O-])cc1C1=NN(C(C)=O)[C@H](c2ccc(NC(=O)c3ccc(F)cc3)cc2)O1. The second-order valence-electron chi connectivity index (χ2n) is 7.85. The number of nitro benzene ring substituents is 1. The van der Waals surface area contributed by atoms with Crippen LogP contribution in [0.15, 0.2) is 71.8 Å². The van der Waals surface area contributed by atoms with Crippen molar-refractivity contribution in [1.29, 1.82) is 0 Å². The van der Waals surface area contributed by atoms with Gasteiger partial charge in [0.15, 0.2) is 0 Å². The molecule has 1 N–H and O–H groups in total. The van der Waals surface area contributed by atoms with Gasteiger partial charge in [0, 0.05) is 42.8 Å². The lowest BCUT2D eigenvalue weighted by molar-refractivity contribution is -0.384.